The van der Waals surface area contributed by atoms with Gasteiger partial charge in [-0.15, -0.1) is 11.3 Å². The van der Waals surface area contributed by atoms with Gasteiger partial charge in [-0.3, -0.25) is 4.79 Å². The molecule has 1 aromatic heterocycles. The zero-order chi connectivity index (χ0) is 17.9. The maximum Gasteiger partial charge on any atom is 0.253 e. The molecule has 2 heterocycles. The quantitative estimate of drug-likeness (QED) is 0.818. The summed E-state index contributed by atoms with van der Waals surface area (Å²) in [5, 5.41) is 1.70. The second kappa shape index (κ2) is 7.52. The van der Waals surface area contributed by atoms with Crippen molar-refractivity contribution in [1.82, 2.24) is 4.72 Å². The van der Waals surface area contributed by atoms with E-state index in [1.807, 2.05) is 0 Å². The van der Waals surface area contributed by atoms with Crippen molar-refractivity contribution in [2.24, 2.45) is 0 Å². The van der Waals surface area contributed by atoms with Gasteiger partial charge in [-0.1, -0.05) is 6.07 Å². The smallest absolute Gasteiger partial charge is 0.253 e. The van der Waals surface area contributed by atoms with Gasteiger partial charge in [0.15, 0.2) is 0 Å². The molecule has 1 aromatic carbocycles. The van der Waals surface area contributed by atoms with Crippen LogP contribution in [0.4, 0.5) is 5.69 Å². The van der Waals surface area contributed by atoms with E-state index < -0.39 is 16.1 Å². The van der Waals surface area contributed by atoms with Crippen LogP contribution in [0.25, 0.3) is 0 Å². The van der Waals surface area contributed by atoms with Crippen LogP contribution in [0, 0.1) is 0 Å². The number of sulfonamides is 1. The second-order valence-corrected chi connectivity index (χ2v) is 8.36. The van der Waals surface area contributed by atoms with Gasteiger partial charge in [0.25, 0.3) is 5.91 Å². The van der Waals surface area contributed by atoms with Crippen LogP contribution in [0.2, 0.25) is 0 Å². The Balaban J connectivity index is 1.65. The number of hydrogen-bond acceptors (Lipinski definition) is 6. The Labute approximate surface area is 150 Å². The van der Waals surface area contributed by atoms with Crippen LogP contribution >= 0.6 is 11.3 Å². The number of benzene rings is 1. The van der Waals surface area contributed by atoms with E-state index >= 15 is 0 Å². The molecule has 7 nitrogen and oxygen atoms in total. The minimum Gasteiger partial charge on any atom is -0.497 e. The van der Waals surface area contributed by atoms with Gasteiger partial charge in [-0.2, -0.15) is 0 Å². The summed E-state index contributed by atoms with van der Waals surface area (Å²) in [7, 11) is -1.98. The molecule has 1 saturated heterocycles. The van der Waals surface area contributed by atoms with Crippen LogP contribution in [0.3, 0.4) is 0 Å². The maximum atomic E-state index is 12.2. The SMILES string of the molecule is COc1ccc(N2CC(CNS(=O)(=O)c3cccs3)OCC2=O)cc1. The summed E-state index contributed by atoms with van der Waals surface area (Å²) < 4.78 is 37.7. The van der Waals surface area contributed by atoms with Crippen molar-refractivity contribution in [3.05, 3.63) is 41.8 Å². The zero-order valence-electron chi connectivity index (χ0n) is 13.5. The van der Waals surface area contributed by atoms with E-state index in [2.05, 4.69) is 4.72 Å². The summed E-state index contributed by atoms with van der Waals surface area (Å²) in [6.07, 6.45) is -0.422. The Morgan fingerprint density at radius 2 is 2.08 bits per heavy atom. The van der Waals surface area contributed by atoms with Crippen molar-refractivity contribution in [1.29, 1.82) is 0 Å². The molecule has 1 N–H and O–H groups in total. The molecule has 0 spiro atoms. The van der Waals surface area contributed by atoms with Crippen LogP contribution in [0.5, 0.6) is 5.75 Å². The molecule has 0 saturated carbocycles. The lowest BCUT2D eigenvalue weighted by atomic mass is 10.2. The first kappa shape index (κ1) is 17.9. The molecule has 1 aliphatic heterocycles. The molecule has 3 rings (SSSR count). The van der Waals surface area contributed by atoms with Crippen LogP contribution in [-0.2, 0) is 19.6 Å². The first-order valence-electron chi connectivity index (χ1n) is 7.59. The first-order chi connectivity index (χ1) is 12.0. The molecule has 1 amide bonds. The Bertz CT molecular complexity index is 819. The van der Waals surface area contributed by atoms with E-state index in [1.165, 1.54) is 0 Å². The fourth-order valence-electron chi connectivity index (χ4n) is 2.45. The van der Waals surface area contributed by atoms with Crippen LogP contribution in [0.1, 0.15) is 0 Å². The van der Waals surface area contributed by atoms with E-state index in [4.69, 9.17) is 9.47 Å². The summed E-state index contributed by atoms with van der Waals surface area (Å²) in [5.74, 6) is 0.534. The standard InChI is InChI=1S/C16H18N2O5S2/c1-22-13-6-4-12(5-7-13)18-10-14(23-11-15(18)19)9-17-25(20,21)16-3-2-8-24-16/h2-8,14,17H,9-11H2,1H3. The number of methoxy groups -OCH3 is 1. The fourth-order valence-corrected chi connectivity index (χ4v) is 4.55. The number of thiophene rings is 1. The lowest BCUT2D eigenvalue weighted by Crippen LogP contribution is -2.50. The lowest BCUT2D eigenvalue weighted by molar-refractivity contribution is -0.129. The van der Waals surface area contributed by atoms with E-state index in [1.54, 1.807) is 53.8 Å². The molecular weight excluding hydrogens is 364 g/mol. The van der Waals surface area contributed by atoms with Crippen LogP contribution in [0.15, 0.2) is 46.0 Å². The molecule has 0 aliphatic carbocycles. The number of hydrogen-bond donors (Lipinski definition) is 1. The molecule has 1 atom stereocenters. The lowest BCUT2D eigenvalue weighted by Gasteiger charge is -2.32. The highest BCUT2D eigenvalue weighted by Crippen LogP contribution is 2.22. The summed E-state index contributed by atoms with van der Waals surface area (Å²) >= 11 is 1.15. The van der Waals surface area contributed by atoms with Crippen LogP contribution < -0.4 is 14.4 Å². The van der Waals surface area contributed by atoms with Crippen molar-refractivity contribution in [2.75, 3.05) is 31.7 Å². The van der Waals surface area contributed by atoms with Crippen molar-refractivity contribution >= 4 is 33.0 Å². The number of amides is 1. The van der Waals surface area contributed by atoms with Gasteiger partial charge in [0, 0.05) is 12.2 Å². The average Bonchev–Trinajstić information content (AvgIpc) is 3.17. The monoisotopic (exact) mass is 382 g/mol. The van der Waals surface area contributed by atoms with Crippen molar-refractivity contribution < 1.29 is 22.7 Å². The first-order valence-corrected chi connectivity index (χ1v) is 9.95. The predicted octanol–water partition coefficient (Wildman–Crippen LogP) is 1.47. The number of anilines is 1. The van der Waals surface area contributed by atoms with Gasteiger partial charge < -0.3 is 14.4 Å². The summed E-state index contributed by atoms with van der Waals surface area (Å²) in [4.78, 5) is 13.7. The largest absolute Gasteiger partial charge is 0.497 e. The van der Waals surface area contributed by atoms with E-state index in [-0.39, 0.29) is 29.8 Å². The van der Waals surface area contributed by atoms with E-state index in [9.17, 15) is 13.2 Å². The normalized spacial score (nSPS) is 18.4. The van der Waals surface area contributed by atoms with Gasteiger partial charge in [-0.05, 0) is 35.7 Å². The fraction of sp³-hybridized carbons (Fsp3) is 0.312. The maximum absolute atomic E-state index is 12.2. The number of nitrogens with one attached hydrogen (secondary N) is 1. The topological polar surface area (TPSA) is 84.9 Å². The third-order valence-electron chi connectivity index (χ3n) is 3.77. The summed E-state index contributed by atoms with van der Waals surface area (Å²) in [5.41, 5.74) is 0.722. The number of nitrogens with zero attached hydrogens (tertiary/aromatic N) is 1. The molecule has 0 radical (unpaired) electrons. The molecule has 0 bridgehead atoms. The minimum atomic E-state index is -3.55. The number of morpholine rings is 1. The van der Waals surface area contributed by atoms with Crippen molar-refractivity contribution in [3.8, 4) is 5.75 Å². The summed E-state index contributed by atoms with van der Waals surface area (Å²) in [6.45, 7) is 0.287. The van der Waals surface area contributed by atoms with E-state index in [0.717, 1.165) is 17.0 Å². The van der Waals surface area contributed by atoms with E-state index in [0.29, 0.717) is 5.75 Å². The predicted molar refractivity (Wildman–Crippen MR) is 94.6 cm³/mol. The van der Waals surface area contributed by atoms with Gasteiger partial charge in [0.1, 0.15) is 16.6 Å². The average molecular weight is 382 g/mol. The van der Waals surface area contributed by atoms with Crippen LogP contribution in [-0.4, -0.2) is 47.2 Å². The number of rotatable bonds is 6. The molecule has 2 aromatic rings. The summed E-state index contributed by atoms with van der Waals surface area (Å²) in [6, 6.07) is 10.3. The third kappa shape index (κ3) is 4.18. The third-order valence-corrected chi connectivity index (χ3v) is 6.60. The Morgan fingerprint density at radius 1 is 1.32 bits per heavy atom. The van der Waals surface area contributed by atoms with Gasteiger partial charge in [-0.25, -0.2) is 13.1 Å². The van der Waals surface area contributed by atoms with Gasteiger partial charge in [0.2, 0.25) is 10.0 Å². The second-order valence-electron chi connectivity index (χ2n) is 5.42. The number of carbonyl (C=O) groups excluding carboxylic acids is 1. The molecular formula is C16H18N2O5S2. The molecule has 1 fully saturated rings. The molecule has 1 aliphatic rings. The Morgan fingerprint density at radius 3 is 2.72 bits per heavy atom. The van der Waals surface area contributed by atoms with Crippen molar-refractivity contribution in [3.63, 3.8) is 0 Å². The van der Waals surface area contributed by atoms with Gasteiger partial charge >= 0.3 is 0 Å². The van der Waals surface area contributed by atoms with Crippen molar-refractivity contribution in [2.45, 2.75) is 10.3 Å². The number of ether oxygens (including phenoxy) is 2. The Hall–Kier alpha value is -1.94. The highest BCUT2D eigenvalue weighted by molar-refractivity contribution is 7.91. The van der Waals surface area contributed by atoms with Gasteiger partial charge in [0.05, 0.1) is 19.8 Å². The molecule has 9 heteroatoms. The molecule has 134 valence electrons. The Kier molecular flexibility index (Phi) is 5.38. The molecule has 25 heavy (non-hydrogen) atoms. The number of carbonyl (C=O) groups is 1. The minimum absolute atomic E-state index is 0.0859. The highest BCUT2D eigenvalue weighted by atomic mass is 32.2. The molecule has 1 unspecified atom stereocenters. The highest BCUT2D eigenvalue weighted by Gasteiger charge is 2.28. The zero-order valence-corrected chi connectivity index (χ0v) is 15.2.